The second-order valence-corrected chi connectivity index (χ2v) is 7.66. The minimum Gasteiger partial charge on any atom is -0.351 e. The number of aromatic nitrogens is 1. The summed E-state index contributed by atoms with van der Waals surface area (Å²) >= 11 is 0.920. The van der Waals surface area contributed by atoms with Gasteiger partial charge in [0, 0.05) is 42.8 Å². The van der Waals surface area contributed by atoms with E-state index in [4.69, 9.17) is 0 Å². The third-order valence-corrected chi connectivity index (χ3v) is 5.67. The normalized spacial score (nSPS) is 15.5. The smallest absolute Gasteiger partial charge is 0.293 e. The number of imide groups is 1. The maximum atomic E-state index is 12.6. The van der Waals surface area contributed by atoms with Gasteiger partial charge >= 0.3 is 0 Å². The standard InChI is InChI=1S/C22H19N3O3S/c1-24-12-10-16-17(8-5-9-18(16)24)20(26)23-11-13-25-21(27)19(29-22(25)28)14-15-6-3-2-4-7-15/h2-10,12,14H,11,13H2,1H3,(H,23,26)/b19-14+. The minimum atomic E-state index is -0.330. The molecule has 0 aliphatic carbocycles. The van der Waals surface area contributed by atoms with Gasteiger partial charge in [-0.1, -0.05) is 36.4 Å². The second-order valence-electron chi connectivity index (χ2n) is 6.66. The molecule has 0 atom stereocenters. The Morgan fingerprint density at radius 3 is 2.66 bits per heavy atom. The summed E-state index contributed by atoms with van der Waals surface area (Å²) in [5.41, 5.74) is 2.40. The predicted molar refractivity (Wildman–Crippen MR) is 114 cm³/mol. The molecule has 7 heteroatoms. The first-order valence-corrected chi connectivity index (χ1v) is 9.99. The molecule has 1 fully saturated rings. The van der Waals surface area contributed by atoms with Crippen LogP contribution in [0.4, 0.5) is 4.79 Å². The molecule has 29 heavy (non-hydrogen) atoms. The van der Waals surface area contributed by atoms with E-state index in [0.717, 1.165) is 28.2 Å². The fourth-order valence-electron chi connectivity index (χ4n) is 3.27. The minimum absolute atomic E-state index is 0.132. The van der Waals surface area contributed by atoms with Crippen LogP contribution in [-0.2, 0) is 11.8 Å². The molecule has 146 valence electrons. The average molecular weight is 405 g/mol. The number of rotatable bonds is 5. The van der Waals surface area contributed by atoms with Gasteiger partial charge in [-0.2, -0.15) is 0 Å². The van der Waals surface area contributed by atoms with E-state index in [1.165, 1.54) is 4.90 Å². The molecule has 1 aliphatic rings. The first-order chi connectivity index (χ1) is 14.0. The fraction of sp³-hybridized carbons (Fsp3) is 0.136. The lowest BCUT2D eigenvalue weighted by Crippen LogP contribution is -2.37. The van der Waals surface area contributed by atoms with Gasteiger partial charge in [0.1, 0.15) is 0 Å². The summed E-state index contributed by atoms with van der Waals surface area (Å²) in [6.45, 7) is 0.325. The molecule has 1 saturated heterocycles. The molecule has 0 unspecified atom stereocenters. The van der Waals surface area contributed by atoms with Gasteiger partial charge in [-0.05, 0) is 41.6 Å². The molecule has 6 nitrogen and oxygen atoms in total. The van der Waals surface area contributed by atoms with Crippen LogP contribution in [0.1, 0.15) is 15.9 Å². The number of aryl methyl sites for hydroxylation is 1. The van der Waals surface area contributed by atoms with Crippen LogP contribution in [0.3, 0.4) is 0 Å². The highest BCUT2D eigenvalue weighted by atomic mass is 32.2. The van der Waals surface area contributed by atoms with E-state index in [0.29, 0.717) is 10.5 Å². The highest BCUT2D eigenvalue weighted by Crippen LogP contribution is 2.31. The number of amides is 3. The first-order valence-electron chi connectivity index (χ1n) is 9.17. The summed E-state index contributed by atoms with van der Waals surface area (Å²) in [6, 6.07) is 16.8. The van der Waals surface area contributed by atoms with Crippen LogP contribution in [0, 0.1) is 0 Å². The van der Waals surface area contributed by atoms with Crippen LogP contribution >= 0.6 is 11.8 Å². The van der Waals surface area contributed by atoms with Crippen LogP contribution in [0.15, 0.2) is 65.7 Å². The number of carbonyl (C=O) groups is 3. The van der Waals surface area contributed by atoms with Gasteiger partial charge in [0.25, 0.3) is 17.1 Å². The van der Waals surface area contributed by atoms with Crippen molar-refractivity contribution in [2.45, 2.75) is 0 Å². The van der Waals surface area contributed by atoms with Crippen molar-refractivity contribution >= 4 is 45.8 Å². The predicted octanol–water partition coefficient (Wildman–Crippen LogP) is 3.64. The van der Waals surface area contributed by atoms with Crippen molar-refractivity contribution in [1.82, 2.24) is 14.8 Å². The molecular formula is C22H19N3O3S. The molecule has 0 saturated carbocycles. The van der Waals surface area contributed by atoms with Gasteiger partial charge < -0.3 is 9.88 Å². The molecule has 0 spiro atoms. The molecule has 3 aromatic rings. The molecule has 4 rings (SSSR count). The molecule has 3 amide bonds. The Morgan fingerprint density at radius 2 is 1.86 bits per heavy atom. The van der Waals surface area contributed by atoms with E-state index < -0.39 is 0 Å². The third-order valence-electron chi connectivity index (χ3n) is 4.76. The summed E-state index contributed by atoms with van der Waals surface area (Å²) in [7, 11) is 1.92. The van der Waals surface area contributed by atoms with E-state index in [2.05, 4.69) is 5.32 Å². The van der Waals surface area contributed by atoms with E-state index in [-0.39, 0.29) is 30.1 Å². The lowest BCUT2D eigenvalue weighted by molar-refractivity contribution is -0.122. The zero-order valence-corrected chi connectivity index (χ0v) is 16.6. The Morgan fingerprint density at radius 1 is 1.07 bits per heavy atom. The summed E-state index contributed by atoms with van der Waals surface area (Å²) in [5, 5.41) is 3.35. The topological polar surface area (TPSA) is 71.4 Å². The third kappa shape index (κ3) is 3.82. The maximum Gasteiger partial charge on any atom is 0.293 e. The van der Waals surface area contributed by atoms with Crippen LogP contribution < -0.4 is 5.32 Å². The molecule has 2 heterocycles. The highest BCUT2D eigenvalue weighted by molar-refractivity contribution is 8.18. The number of hydrogen-bond acceptors (Lipinski definition) is 4. The Hall–Kier alpha value is -3.32. The van der Waals surface area contributed by atoms with E-state index in [1.807, 2.05) is 66.3 Å². The van der Waals surface area contributed by atoms with E-state index in [9.17, 15) is 14.4 Å². The van der Waals surface area contributed by atoms with Crippen LogP contribution in [0.5, 0.6) is 0 Å². The lowest BCUT2D eigenvalue weighted by atomic mass is 10.1. The maximum absolute atomic E-state index is 12.6. The number of benzene rings is 2. The first kappa shape index (κ1) is 19.0. The van der Waals surface area contributed by atoms with Crippen molar-refractivity contribution < 1.29 is 14.4 Å². The number of thioether (sulfide) groups is 1. The SMILES string of the molecule is Cn1ccc2c(C(=O)NCCN3C(=O)S/C(=C/c4ccccc4)C3=O)cccc21. The van der Waals surface area contributed by atoms with Crippen molar-refractivity contribution in [2.75, 3.05) is 13.1 Å². The Bertz CT molecular complexity index is 1130. The lowest BCUT2D eigenvalue weighted by Gasteiger charge is -2.13. The molecular weight excluding hydrogens is 386 g/mol. The Kier molecular flexibility index (Phi) is 5.22. The zero-order valence-electron chi connectivity index (χ0n) is 15.8. The van der Waals surface area contributed by atoms with Gasteiger partial charge in [-0.15, -0.1) is 0 Å². The van der Waals surface area contributed by atoms with Crippen molar-refractivity contribution in [2.24, 2.45) is 7.05 Å². The van der Waals surface area contributed by atoms with Crippen molar-refractivity contribution in [3.8, 4) is 0 Å². The largest absolute Gasteiger partial charge is 0.351 e. The Labute approximate surface area is 172 Å². The molecule has 1 aliphatic heterocycles. The number of nitrogens with zero attached hydrogens (tertiary/aromatic N) is 2. The van der Waals surface area contributed by atoms with Gasteiger partial charge in [0.2, 0.25) is 0 Å². The van der Waals surface area contributed by atoms with Gasteiger partial charge in [0.15, 0.2) is 0 Å². The van der Waals surface area contributed by atoms with Gasteiger partial charge in [-0.3, -0.25) is 19.3 Å². The van der Waals surface area contributed by atoms with Crippen molar-refractivity contribution in [1.29, 1.82) is 0 Å². The number of hydrogen-bond donors (Lipinski definition) is 1. The summed E-state index contributed by atoms with van der Waals surface area (Å²) in [5.74, 6) is -0.558. The van der Waals surface area contributed by atoms with Gasteiger partial charge in [0.05, 0.1) is 4.91 Å². The second kappa shape index (κ2) is 7.97. The summed E-state index contributed by atoms with van der Waals surface area (Å²) < 4.78 is 1.95. The Balaban J connectivity index is 1.40. The monoisotopic (exact) mass is 405 g/mol. The van der Waals surface area contributed by atoms with Crippen molar-refractivity contribution in [3.63, 3.8) is 0 Å². The molecule has 1 aromatic heterocycles. The summed E-state index contributed by atoms with van der Waals surface area (Å²) in [6.07, 6.45) is 3.61. The van der Waals surface area contributed by atoms with E-state index in [1.54, 1.807) is 12.1 Å². The molecule has 1 N–H and O–H groups in total. The number of carbonyl (C=O) groups excluding carboxylic acids is 3. The van der Waals surface area contributed by atoms with E-state index >= 15 is 0 Å². The van der Waals surface area contributed by atoms with Crippen LogP contribution in [-0.4, -0.2) is 39.6 Å². The van der Waals surface area contributed by atoms with Gasteiger partial charge in [-0.25, -0.2) is 0 Å². The zero-order chi connectivity index (χ0) is 20.4. The quantitative estimate of drug-likeness (QED) is 0.658. The highest BCUT2D eigenvalue weighted by Gasteiger charge is 2.34. The van der Waals surface area contributed by atoms with Crippen LogP contribution in [0.25, 0.3) is 17.0 Å². The fourth-order valence-corrected chi connectivity index (χ4v) is 4.14. The summed E-state index contributed by atoms with van der Waals surface area (Å²) in [4.78, 5) is 38.9. The molecule has 2 aromatic carbocycles. The van der Waals surface area contributed by atoms with Crippen molar-refractivity contribution in [3.05, 3.63) is 76.8 Å². The molecule has 0 bridgehead atoms. The molecule has 0 radical (unpaired) electrons. The van der Waals surface area contributed by atoms with Crippen LogP contribution in [0.2, 0.25) is 0 Å². The number of fused-ring (bicyclic) bond motifs is 1. The average Bonchev–Trinajstić information content (AvgIpc) is 3.23. The number of nitrogens with one attached hydrogen (secondary N) is 1.